The van der Waals surface area contributed by atoms with E-state index in [9.17, 15) is 17.6 Å². The van der Waals surface area contributed by atoms with Gasteiger partial charge in [0.05, 0.1) is 12.5 Å². The third-order valence-electron chi connectivity index (χ3n) is 3.06. The Morgan fingerprint density at radius 1 is 1.08 bits per heavy atom. The first-order valence-corrected chi connectivity index (χ1v) is 7.03. The number of hydrogen-bond acceptors (Lipinski definition) is 5. The smallest absolute Gasteiger partial charge is 0.490 e. The molecular weight excluding hydrogens is 354 g/mol. The van der Waals surface area contributed by atoms with Crippen LogP contribution in [0, 0.1) is 5.82 Å². The minimum atomic E-state index is -5.09. The van der Waals surface area contributed by atoms with Crippen molar-refractivity contribution < 1.29 is 27.0 Å². The Morgan fingerprint density at radius 3 is 2.12 bits per heavy atom. The van der Waals surface area contributed by atoms with Gasteiger partial charge in [0, 0.05) is 5.41 Å². The zero-order valence-corrected chi connectivity index (χ0v) is 13.9. The number of rotatable bonds is 2. The van der Waals surface area contributed by atoms with Crippen LogP contribution < -0.4 is 15.2 Å². The number of ether oxygens (including phenoxy) is 2. The fourth-order valence-corrected chi connectivity index (χ4v) is 2.26. The van der Waals surface area contributed by atoms with Gasteiger partial charge >= 0.3 is 6.36 Å². The number of nitrogen functional groups attached to an aromatic ring is 1. The van der Waals surface area contributed by atoms with Crippen LogP contribution in [0.4, 0.5) is 23.4 Å². The molecule has 132 valence electrons. The Balaban J connectivity index is 2.91. The summed E-state index contributed by atoms with van der Waals surface area (Å²) in [6, 6.07) is 0. The lowest BCUT2D eigenvalue weighted by molar-refractivity contribution is -0.275. The highest BCUT2D eigenvalue weighted by molar-refractivity contribution is 6.37. The quantitative estimate of drug-likeness (QED) is 0.805. The lowest BCUT2D eigenvalue weighted by Crippen LogP contribution is -2.20. The van der Waals surface area contributed by atoms with E-state index in [0.29, 0.717) is 0 Å². The standard InChI is InChI=1S/C14H14ClF4N3O2/c1-13(2,3)12-21-8-5(11(20)22-12)7(16)10(23-4)9(6(8)15)24-14(17,18)19/h1-4H3,(H2,20,21,22). The zero-order chi connectivity index (χ0) is 18.4. The van der Waals surface area contributed by atoms with E-state index in [1.165, 1.54) is 0 Å². The molecule has 10 heteroatoms. The van der Waals surface area contributed by atoms with Crippen LogP contribution in [0.3, 0.4) is 0 Å². The average molecular weight is 368 g/mol. The van der Waals surface area contributed by atoms with Crippen LogP contribution >= 0.6 is 11.6 Å². The number of nitrogens with zero attached hydrogens (tertiary/aromatic N) is 2. The molecule has 0 atom stereocenters. The summed E-state index contributed by atoms with van der Waals surface area (Å²) < 4.78 is 60.9. The minimum Gasteiger partial charge on any atom is -0.490 e. The van der Waals surface area contributed by atoms with Gasteiger partial charge in [-0.25, -0.2) is 14.4 Å². The summed E-state index contributed by atoms with van der Waals surface area (Å²) in [6.07, 6.45) is -5.09. The predicted octanol–water partition coefficient (Wildman–Crippen LogP) is 4.21. The van der Waals surface area contributed by atoms with Crippen molar-refractivity contribution in [2.24, 2.45) is 0 Å². The Morgan fingerprint density at radius 2 is 1.67 bits per heavy atom. The van der Waals surface area contributed by atoms with Crippen molar-refractivity contribution in [1.29, 1.82) is 0 Å². The molecule has 1 aromatic carbocycles. The van der Waals surface area contributed by atoms with Crippen LogP contribution in [0.2, 0.25) is 5.02 Å². The normalized spacial score (nSPS) is 12.5. The van der Waals surface area contributed by atoms with Gasteiger partial charge in [-0.2, -0.15) is 0 Å². The third-order valence-corrected chi connectivity index (χ3v) is 3.41. The largest absolute Gasteiger partial charge is 0.573 e. The molecule has 2 rings (SSSR count). The van der Waals surface area contributed by atoms with Crippen molar-refractivity contribution in [2.45, 2.75) is 32.5 Å². The molecule has 1 heterocycles. The summed E-state index contributed by atoms with van der Waals surface area (Å²) in [5, 5.41) is -0.903. The lowest BCUT2D eigenvalue weighted by atomic mass is 9.95. The van der Waals surface area contributed by atoms with Crippen LogP contribution in [-0.2, 0) is 5.41 Å². The lowest BCUT2D eigenvalue weighted by Gasteiger charge is -2.20. The molecule has 0 aliphatic rings. The predicted molar refractivity (Wildman–Crippen MR) is 80.9 cm³/mol. The number of nitrogens with two attached hydrogens (primary N) is 1. The molecule has 5 nitrogen and oxygen atoms in total. The van der Waals surface area contributed by atoms with E-state index in [2.05, 4.69) is 19.4 Å². The van der Waals surface area contributed by atoms with Gasteiger partial charge in [0.15, 0.2) is 17.3 Å². The number of fused-ring (bicyclic) bond motifs is 1. The van der Waals surface area contributed by atoms with Gasteiger partial charge < -0.3 is 15.2 Å². The molecule has 2 aromatic rings. The van der Waals surface area contributed by atoms with Gasteiger partial charge in [0.2, 0.25) is 0 Å². The van der Waals surface area contributed by atoms with Crippen molar-refractivity contribution >= 4 is 28.3 Å². The molecular formula is C14H14ClF4N3O2. The Bertz CT molecular complexity index is 804. The van der Waals surface area contributed by atoms with Crippen LogP contribution in [0.5, 0.6) is 11.5 Å². The van der Waals surface area contributed by atoms with Crippen molar-refractivity contribution in [3.05, 3.63) is 16.7 Å². The average Bonchev–Trinajstić information content (AvgIpc) is 2.41. The number of halogens is 5. The molecule has 0 spiro atoms. The van der Waals surface area contributed by atoms with Crippen LogP contribution in [0.1, 0.15) is 26.6 Å². The maximum absolute atomic E-state index is 14.6. The zero-order valence-electron chi connectivity index (χ0n) is 13.2. The second kappa shape index (κ2) is 5.80. The second-order valence-corrected chi connectivity index (χ2v) is 6.32. The van der Waals surface area contributed by atoms with Crippen molar-refractivity contribution in [1.82, 2.24) is 9.97 Å². The van der Waals surface area contributed by atoms with Crippen molar-refractivity contribution in [2.75, 3.05) is 12.8 Å². The number of benzene rings is 1. The Hall–Kier alpha value is -2.03. The van der Waals surface area contributed by atoms with Crippen LogP contribution in [0.25, 0.3) is 10.9 Å². The van der Waals surface area contributed by atoms with Crippen molar-refractivity contribution in [3.63, 3.8) is 0 Å². The van der Waals surface area contributed by atoms with Gasteiger partial charge in [-0.1, -0.05) is 32.4 Å². The highest BCUT2D eigenvalue weighted by atomic mass is 35.5. The number of hydrogen-bond donors (Lipinski definition) is 1. The highest BCUT2D eigenvalue weighted by Crippen LogP contribution is 2.46. The maximum Gasteiger partial charge on any atom is 0.573 e. The van der Waals surface area contributed by atoms with Gasteiger partial charge in [-0.05, 0) is 0 Å². The molecule has 0 aliphatic carbocycles. The summed E-state index contributed by atoms with van der Waals surface area (Å²) in [6.45, 7) is 5.28. The van der Waals surface area contributed by atoms with Gasteiger partial charge in [0.1, 0.15) is 22.2 Å². The van der Waals surface area contributed by atoms with Crippen molar-refractivity contribution in [3.8, 4) is 11.5 Å². The molecule has 0 radical (unpaired) electrons. The first-order chi connectivity index (χ1) is 10.9. The molecule has 1 aromatic heterocycles. The van der Waals surface area contributed by atoms with E-state index in [1.54, 1.807) is 20.8 Å². The topological polar surface area (TPSA) is 70.3 Å². The molecule has 0 saturated carbocycles. The van der Waals surface area contributed by atoms with Gasteiger partial charge in [-0.15, -0.1) is 13.2 Å². The number of anilines is 1. The number of alkyl halides is 3. The van der Waals surface area contributed by atoms with Crippen LogP contribution in [-0.4, -0.2) is 23.4 Å². The molecule has 0 fully saturated rings. The van der Waals surface area contributed by atoms with Gasteiger partial charge in [-0.3, -0.25) is 0 Å². The van der Waals surface area contributed by atoms with E-state index >= 15 is 0 Å². The minimum absolute atomic E-state index is 0.192. The molecule has 0 saturated heterocycles. The van der Waals surface area contributed by atoms with E-state index in [1.807, 2.05) is 0 Å². The monoisotopic (exact) mass is 367 g/mol. The van der Waals surface area contributed by atoms with E-state index in [4.69, 9.17) is 17.3 Å². The fourth-order valence-electron chi connectivity index (χ4n) is 2.00. The van der Waals surface area contributed by atoms with E-state index in [0.717, 1.165) is 7.11 Å². The molecule has 0 aliphatic heterocycles. The molecule has 0 amide bonds. The molecule has 2 N–H and O–H groups in total. The third kappa shape index (κ3) is 3.26. The first-order valence-electron chi connectivity index (χ1n) is 6.65. The van der Waals surface area contributed by atoms with E-state index < -0.39 is 34.1 Å². The van der Waals surface area contributed by atoms with Crippen LogP contribution in [0.15, 0.2) is 0 Å². The SMILES string of the molecule is COc1c(OC(F)(F)F)c(Cl)c2nc(C(C)(C)C)nc(N)c2c1F. The molecule has 0 bridgehead atoms. The van der Waals surface area contributed by atoms with E-state index in [-0.39, 0.29) is 22.5 Å². The summed E-state index contributed by atoms with van der Waals surface area (Å²) in [5.41, 5.74) is 4.88. The Labute approximate surface area is 139 Å². The van der Waals surface area contributed by atoms with Gasteiger partial charge in [0.25, 0.3) is 0 Å². The maximum atomic E-state index is 14.6. The number of methoxy groups -OCH3 is 1. The number of aromatic nitrogens is 2. The highest BCUT2D eigenvalue weighted by Gasteiger charge is 2.36. The Kier molecular flexibility index (Phi) is 4.43. The molecule has 24 heavy (non-hydrogen) atoms. The summed E-state index contributed by atoms with van der Waals surface area (Å²) in [4.78, 5) is 8.07. The molecule has 0 unspecified atom stereocenters. The summed E-state index contributed by atoms with van der Waals surface area (Å²) in [7, 11) is 0.977. The summed E-state index contributed by atoms with van der Waals surface area (Å²) >= 11 is 5.98. The summed E-state index contributed by atoms with van der Waals surface area (Å²) in [5.74, 6) is -3.11. The first kappa shape index (κ1) is 18.3. The second-order valence-electron chi connectivity index (χ2n) is 5.94. The fraction of sp³-hybridized carbons (Fsp3) is 0.429.